The number of nitrogen functional groups attached to an aromatic ring is 1. The fourth-order valence-corrected chi connectivity index (χ4v) is 4.52. The molecule has 0 amide bonds. The molecule has 2 unspecified atom stereocenters. The van der Waals surface area contributed by atoms with Gasteiger partial charge in [-0.3, -0.25) is 4.90 Å². The van der Waals surface area contributed by atoms with E-state index >= 15 is 0 Å². The summed E-state index contributed by atoms with van der Waals surface area (Å²) in [6, 6.07) is 3.81. The number of nitrogens with two attached hydrogens (primary N) is 1. The number of hydrogen-bond acceptors (Lipinski definition) is 5. The Morgan fingerprint density at radius 1 is 1.32 bits per heavy atom. The molecular formula is C16H19ClN2O3. The molecule has 3 saturated heterocycles. The lowest BCUT2D eigenvalue weighted by Gasteiger charge is -2.34. The highest BCUT2D eigenvalue weighted by Gasteiger charge is 2.53. The largest absolute Gasteiger partial charge is 0.496 e. The van der Waals surface area contributed by atoms with Crippen molar-refractivity contribution in [3.8, 4) is 5.75 Å². The predicted octanol–water partition coefficient (Wildman–Crippen LogP) is 2.18. The zero-order valence-corrected chi connectivity index (χ0v) is 13.2. The number of benzene rings is 1. The van der Waals surface area contributed by atoms with Crippen LogP contribution in [0.5, 0.6) is 5.75 Å². The zero-order chi connectivity index (χ0) is 15.4. The molecule has 0 aromatic heterocycles. The van der Waals surface area contributed by atoms with Crippen molar-refractivity contribution in [2.45, 2.75) is 25.0 Å². The minimum atomic E-state index is -0.368. The lowest BCUT2D eigenvalue weighted by atomic mass is 9.80. The van der Waals surface area contributed by atoms with Gasteiger partial charge in [0.1, 0.15) is 17.4 Å². The average Bonchev–Trinajstić information content (AvgIpc) is 2.98. The predicted molar refractivity (Wildman–Crippen MR) is 83.2 cm³/mol. The Hall–Kier alpha value is -1.46. The van der Waals surface area contributed by atoms with Crippen LogP contribution in [0, 0.1) is 11.8 Å². The topological polar surface area (TPSA) is 64.8 Å². The molecule has 2 atom stereocenters. The summed E-state index contributed by atoms with van der Waals surface area (Å²) >= 11 is 6.03. The van der Waals surface area contributed by atoms with Gasteiger partial charge in [-0.15, -0.1) is 0 Å². The summed E-state index contributed by atoms with van der Waals surface area (Å²) in [5.41, 5.74) is 6.49. The average molecular weight is 323 g/mol. The van der Waals surface area contributed by atoms with Crippen molar-refractivity contribution in [1.82, 2.24) is 4.90 Å². The molecule has 1 aliphatic carbocycles. The van der Waals surface area contributed by atoms with Crippen molar-refractivity contribution in [2.24, 2.45) is 11.8 Å². The third kappa shape index (κ3) is 2.07. The smallest absolute Gasteiger partial charge is 0.342 e. The minimum Gasteiger partial charge on any atom is -0.496 e. The number of halogens is 1. The molecule has 3 aliphatic heterocycles. The van der Waals surface area contributed by atoms with Gasteiger partial charge in [0.15, 0.2) is 0 Å². The second-order valence-electron chi connectivity index (χ2n) is 6.54. The lowest BCUT2D eigenvalue weighted by Crippen LogP contribution is -2.42. The number of rotatable bonds is 3. The maximum absolute atomic E-state index is 12.6. The van der Waals surface area contributed by atoms with E-state index < -0.39 is 0 Å². The summed E-state index contributed by atoms with van der Waals surface area (Å²) in [5, 5.41) is 0.340. The van der Waals surface area contributed by atoms with Crippen molar-refractivity contribution < 1.29 is 14.3 Å². The zero-order valence-electron chi connectivity index (χ0n) is 12.4. The van der Waals surface area contributed by atoms with Crippen molar-refractivity contribution in [2.75, 3.05) is 25.9 Å². The van der Waals surface area contributed by atoms with Crippen LogP contribution in [0.25, 0.3) is 0 Å². The first-order chi connectivity index (χ1) is 10.6. The van der Waals surface area contributed by atoms with E-state index in [0.29, 0.717) is 39.9 Å². The molecule has 5 rings (SSSR count). The van der Waals surface area contributed by atoms with Crippen molar-refractivity contribution in [3.63, 3.8) is 0 Å². The lowest BCUT2D eigenvalue weighted by molar-refractivity contribution is -0.0193. The highest BCUT2D eigenvalue weighted by molar-refractivity contribution is 6.33. The standard InChI is InChI=1S/C16H19ClN2O3/c1-21-14-5-13(18)12(17)4-11(14)16(20)22-15-8-2-10-3-9(15)7-19(10)6-8/h4-5,8-10,15H,2-3,6-7,18H2,1H3. The van der Waals surface area contributed by atoms with E-state index in [-0.39, 0.29) is 12.1 Å². The number of hydrogen-bond donors (Lipinski definition) is 1. The summed E-state index contributed by atoms with van der Waals surface area (Å²) in [6.07, 6.45) is 2.31. The first-order valence-electron chi connectivity index (χ1n) is 7.65. The number of carbonyl (C=O) groups excluding carboxylic acids is 1. The number of nitrogens with zero attached hydrogens (tertiary/aromatic N) is 1. The van der Waals surface area contributed by atoms with Crippen LogP contribution in [0.15, 0.2) is 12.1 Å². The Morgan fingerprint density at radius 3 is 2.59 bits per heavy atom. The third-order valence-electron chi connectivity index (χ3n) is 5.32. The van der Waals surface area contributed by atoms with Crippen molar-refractivity contribution in [1.29, 1.82) is 0 Å². The van der Waals surface area contributed by atoms with Crippen LogP contribution in [-0.2, 0) is 4.74 Å². The monoisotopic (exact) mass is 322 g/mol. The van der Waals surface area contributed by atoms with Gasteiger partial charge >= 0.3 is 5.97 Å². The van der Waals surface area contributed by atoms with Crippen molar-refractivity contribution in [3.05, 3.63) is 22.7 Å². The minimum absolute atomic E-state index is 0.0172. The first-order valence-corrected chi connectivity index (χ1v) is 8.02. The maximum atomic E-state index is 12.6. The second-order valence-corrected chi connectivity index (χ2v) is 6.95. The number of esters is 1. The Kier molecular flexibility index (Phi) is 3.24. The van der Waals surface area contributed by atoms with Crippen LogP contribution in [0.3, 0.4) is 0 Å². The Balaban J connectivity index is 1.56. The van der Waals surface area contributed by atoms with Gasteiger partial charge in [0.05, 0.1) is 17.8 Å². The molecule has 5 nitrogen and oxygen atoms in total. The number of methoxy groups -OCH3 is 1. The van der Waals surface area contributed by atoms with Gasteiger partial charge in [-0.05, 0) is 18.9 Å². The molecular weight excluding hydrogens is 304 g/mol. The van der Waals surface area contributed by atoms with Gasteiger partial charge in [-0.1, -0.05) is 11.6 Å². The molecule has 2 N–H and O–H groups in total. The molecule has 0 radical (unpaired) electrons. The van der Waals surface area contributed by atoms with Gasteiger partial charge in [0, 0.05) is 37.0 Å². The Labute approximate surface area is 134 Å². The molecule has 1 aromatic carbocycles. The molecule has 1 saturated carbocycles. The van der Waals surface area contributed by atoms with Crippen molar-refractivity contribution >= 4 is 23.3 Å². The summed E-state index contributed by atoms with van der Waals surface area (Å²) in [6.45, 7) is 2.11. The summed E-state index contributed by atoms with van der Waals surface area (Å²) in [7, 11) is 1.51. The molecule has 22 heavy (non-hydrogen) atoms. The van der Waals surface area contributed by atoms with E-state index in [1.807, 2.05) is 0 Å². The molecule has 6 heteroatoms. The molecule has 4 aliphatic rings. The third-order valence-corrected chi connectivity index (χ3v) is 5.64. The van der Waals surface area contributed by atoms with E-state index in [9.17, 15) is 4.79 Å². The van der Waals surface area contributed by atoms with Crippen LogP contribution in [0.1, 0.15) is 23.2 Å². The molecule has 3 heterocycles. The molecule has 118 valence electrons. The normalized spacial score (nSPS) is 34.9. The molecule has 4 fully saturated rings. The van der Waals surface area contributed by atoms with Crippen LogP contribution in [0.4, 0.5) is 5.69 Å². The number of ether oxygens (including phenoxy) is 2. The van der Waals surface area contributed by atoms with E-state index in [4.69, 9.17) is 26.8 Å². The Morgan fingerprint density at radius 2 is 2.00 bits per heavy atom. The molecule has 4 bridgehead atoms. The van der Waals surface area contributed by atoms with E-state index in [0.717, 1.165) is 25.9 Å². The van der Waals surface area contributed by atoms with Crippen LogP contribution >= 0.6 is 11.6 Å². The number of anilines is 1. The fourth-order valence-electron chi connectivity index (χ4n) is 4.36. The van der Waals surface area contributed by atoms with E-state index in [1.54, 1.807) is 6.07 Å². The number of piperidine rings is 1. The Bertz CT molecular complexity index is 606. The summed E-state index contributed by atoms with van der Waals surface area (Å²) in [4.78, 5) is 15.1. The van der Waals surface area contributed by atoms with Gasteiger partial charge in [0.2, 0.25) is 0 Å². The highest BCUT2D eigenvalue weighted by Crippen LogP contribution is 2.47. The maximum Gasteiger partial charge on any atom is 0.342 e. The van der Waals surface area contributed by atoms with E-state index in [1.165, 1.54) is 13.2 Å². The number of carbonyl (C=O) groups is 1. The van der Waals surface area contributed by atoms with Gasteiger partial charge in [0.25, 0.3) is 0 Å². The molecule has 1 aromatic rings. The highest BCUT2D eigenvalue weighted by atomic mass is 35.5. The summed E-state index contributed by atoms with van der Waals surface area (Å²) in [5.74, 6) is 0.975. The second kappa shape index (κ2) is 5.03. The van der Waals surface area contributed by atoms with Gasteiger partial charge < -0.3 is 15.2 Å². The fraction of sp³-hybridized carbons (Fsp3) is 0.562. The quantitative estimate of drug-likeness (QED) is 0.682. The van der Waals surface area contributed by atoms with Crippen LogP contribution in [-0.4, -0.2) is 43.2 Å². The summed E-state index contributed by atoms with van der Waals surface area (Å²) < 4.78 is 11.1. The first kappa shape index (κ1) is 14.2. The van der Waals surface area contributed by atoms with Gasteiger partial charge in [-0.25, -0.2) is 4.79 Å². The van der Waals surface area contributed by atoms with Crippen LogP contribution in [0.2, 0.25) is 5.02 Å². The SMILES string of the molecule is COc1cc(N)c(Cl)cc1C(=O)OC1C2CC3CC1CN3C2. The van der Waals surface area contributed by atoms with Gasteiger partial charge in [-0.2, -0.15) is 0 Å². The van der Waals surface area contributed by atoms with E-state index in [2.05, 4.69) is 4.90 Å². The van der Waals surface area contributed by atoms with Crippen LogP contribution < -0.4 is 10.5 Å². The molecule has 0 spiro atoms.